The van der Waals surface area contributed by atoms with Crippen LogP contribution in [0.3, 0.4) is 0 Å². The normalized spacial score (nSPS) is 18.0. The molecule has 2 aromatic rings. The first kappa shape index (κ1) is 19.0. The van der Waals surface area contributed by atoms with Gasteiger partial charge in [0.25, 0.3) is 5.91 Å². The van der Waals surface area contributed by atoms with Gasteiger partial charge in [-0.3, -0.25) is 4.79 Å². The molecule has 2 heterocycles. The molecule has 2 aliphatic rings. The average molecular weight is 417 g/mol. The molecule has 2 aliphatic heterocycles. The number of hydrogen-bond donors (Lipinski definition) is 0. The lowest BCUT2D eigenvalue weighted by atomic mass is 10.1. The maximum Gasteiger partial charge on any atom is 0.267 e. The van der Waals surface area contributed by atoms with Gasteiger partial charge in [-0.25, -0.2) is 8.42 Å². The Morgan fingerprint density at radius 2 is 1.75 bits per heavy atom. The van der Waals surface area contributed by atoms with Gasteiger partial charge in [0.05, 0.1) is 10.6 Å². The van der Waals surface area contributed by atoms with Crippen molar-refractivity contribution in [3.05, 3.63) is 64.2 Å². The summed E-state index contributed by atoms with van der Waals surface area (Å²) in [6, 6.07) is 12.5. The molecule has 0 atom stereocenters. The van der Waals surface area contributed by atoms with Crippen LogP contribution in [0.1, 0.15) is 25.3 Å². The molecule has 28 heavy (non-hydrogen) atoms. The Morgan fingerprint density at radius 1 is 1.07 bits per heavy atom. The lowest BCUT2D eigenvalue weighted by molar-refractivity contribution is -0.125. The van der Waals surface area contributed by atoms with Gasteiger partial charge >= 0.3 is 0 Å². The van der Waals surface area contributed by atoms with Crippen LogP contribution < -0.4 is 4.90 Å². The lowest BCUT2D eigenvalue weighted by Crippen LogP contribution is -2.35. The zero-order valence-electron chi connectivity index (χ0n) is 15.6. The molecule has 7 heteroatoms. The quantitative estimate of drug-likeness (QED) is 0.748. The van der Waals surface area contributed by atoms with E-state index in [2.05, 4.69) is 6.92 Å². The van der Waals surface area contributed by atoms with Crippen molar-refractivity contribution < 1.29 is 13.2 Å². The van der Waals surface area contributed by atoms with Gasteiger partial charge in [-0.05, 0) is 55.2 Å². The number of fused-ring (bicyclic) bond motifs is 1. The minimum atomic E-state index is -3.92. The largest absolute Gasteiger partial charge is 0.338 e. The van der Waals surface area contributed by atoms with E-state index in [1.165, 1.54) is 17.8 Å². The summed E-state index contributed by atoms with van der Waals surface area (Å²) in [4.78, 5) is 16.3. The van der Waals surface area contributed by atoms with Crippen LogP contribution in [0.15, 0.2) is 58.5 Å². The summed E-state index contributed by atoms with van der Waals surface area (Å²) in [5.74, 6) is -0.437. The molecule has 0 aliphatic carbocycles. The number of rotatable bonds is 3. The Bertz CT molecular complexity index is 1060. The van der Waals surface area contributed by atoms with Crippen molar-refractivity contribution in [2.24, 2.45) is 0 Å². The van der Waals surface area contributed by atoms with Crippen LogP contribution in [-0.2, 0) is 21.1 Å². The highest BCUT2D eigenvalue weighted by molar-refractivity contribution is 7.96. The summed E-state index contributed by atoms with van der Waals surface area (Å²) in [7, 11) is -3.92. The molecule has 1 amide bonds. The van der Waals surface area contributed by atoms with E-state index in [1.54, 1.807) is 21.9 Å². The molecule has 0 unspecified atom stereocenters. The van der Waals surface area contributed by atoms with E-state index in [0.717, 1.165) is 24.9 Å². The summed E-state index contributed by atoms with van der Waals surface area (Å²) < 4.78 is 26.4. The number of anilines is 2. The number of hydrogen-bond acceptors (Lipinski definition) is 4. The fourth-order valence-electron chi connectivity index (χ4n) is 3.63. The SMILES string of the molecule is CCc1ccc(N2C=C(C(=O)N3CCCC3)S(=O)(=O)c3ccc(Cl)cc32)cc1. The number of amides is 1. The minimum Gasteiger partial charge on any atom is -0.338 e. The highest BCUT2D eigenvalue weighted by Gasteiger charge is 2.38. The van der Waals surface area contributed by atoms with Gasteiger partial charge in [0.15, 0.2) is 4.91 Å². The minimum absolute atomic E-state index is 0.0986. The smallest absolute Gasteiger partial charge is 0.267 e. The van der Waals surface area contributed by atoms with E-state index < -0.39 is 15.7 Å². The molecule has 5 nitrogen and oxygen atoms in total. The Hall–Kier alpha value is -2.31. The zero-order chi connectivity index (χ0) is 19.9. The van der Waals surface area contributed by atoms with Crippen molar-refractivity contribution in [2.45, 2.75) is 31.1 Å². The van der Waals surface area contributed by atoms with Crippen molar-refractivity contribution in [1.82, 2.24) is 4.90 Å². The third kappa shape index (κ3) is 3.20. The molecule has 0 spiro atoms. The van der Waals surface area contributed by atoms with Gasteiger partial charge in [0, 0.05) is 30.0 Å². The standard InChI is InChI=1S/C21H21ClN2O3S/c1-2-15-5-8-17(9-6-15)24-14-20(21(25)23-11-3-4-12-23)28(26,27)19-10-7-16(22)13-18(19)24/h5-10,13-14H,2-4,11-12H2,1H3. The first-order valence-corrected chi connectivity index (χ1v) is 11.2. The van der Waals surface area contributed by atoms with Crippen LogP contribution in [-0.4, -0.2) is 32.3 Å². The van der Waals surface area contributed by atoms with E-state index >= 15 is 0 Å². The monoisotopic (exact) mass is 416 g/mol. The van der Waals surface area contributed by atoms with E-state index in [9.17, 15) is 13.2 Å². The number of halogens is 1. The van der Waals surface area contributed by atoms with E-state index in [-0.39, 0.29) is 9.80 Å². The highest BCUT2D eigenvalue weighted by Crippen LogP contribution is 2.41. The van der Waals surface area contributed by atoms with Gasteiger partial charge < -0.3 is 9.80 Å². The average Bonchev–Trinajstić information content (AvgIpc) is 3.22. The topological polar surface area (TPSA) is 57.7 Å². The second-order valence-electron chi connectivity index (χ2n) is 7.00. The molecule has 4 rings (SSSR count). The Morgan fingerprint density at radius 3 is 2.39 bits per heavy atom. The van der Waals surface area contributed by atoms with E-state index in [1.807, 2.05) is 24.3 Å². The number of carbonyl (C=O) groups excluding carboxylic acids is 1. The van der Waals surface area contributed by atoms with Crippen LogP contribution in [0, 0.1) is 0 Å². The summed E-state index contributed by atoms with van der Waals surface area (Å²) in [6.07, 6.45) is 4.14. The molecule has 0 aromatic heterocycles. The number of carbonyl (C=O) groups is 1. The van der Waals surface area contributed by atoms with Crippen molar-refractivity contribution >= 4 is 38.7 Å². The Balaban J connectivity index is 1.87. The number of aryl methyl sites for hydroxylation is 1. The predicted octanol–water partition coefficient (Wildman–Crippen LogP) is 4.29. The molecule has 0 radical (unpaired) electrons. The zero-order valence-corrected chi connectivity index (χ0v) is 17.1. The van der Waals surface area contributed by atoms with Crippen molar-refractivity contribution in [3.8, 4) is 0 Å². The fraction of sp³-hybridized carbons (Fsp3) is 0.286. The molecule has 2 aromatic carbocycles. The van der Waals surface area contributed by atoms with Crippen LogP contribution >= 0.6 is 11.6 Å². The van der Waals surface area contributed by atoms with Crippen LogP contribution in [0.5, 0.6) is 0 Å². The second-order valence-corrected chi connectivity index (χ2v) is 9.32. The molecular formula is C21H21ClN2O3S. The third-order valence-electron chi connectivity index (χ3n) is 5.23. The molecule has 0 N–H and O–H groups in total. The fourth-order valence-corrected chi connectivity index (χ4v) is 5.32. The maximum atomic E-state index is 13.2. The summed E-state index contributed by atoms with van der Waals surface area (Å²) in [5.41, 5.74) is 2.41. The molecule has 1 fully saturated rings. The van der Waals surface area contributed by atoms with Gasteiger partial charge in [-0.15, -0.1) is 0 Å². The van der Waals surface area contributed by atoms with Gasteiger partial charge in [0.2, 0.25) is 9.84 Å². The number of sulfone groups is 1. The number of nitrogens with zero attached hydrogens (tertiary/aromatic N) is 2. The molecule has 0 bridgehead atoms. The van der Waals surface area contributed by atoms with Gasteiger partial charge in [-0.1, -0.05) is 30.7 Å². The number of likely N-dealkylation sites (tertiary alicyclic amines) is 1. The molecule has 0 saturated carbocycles. The van der Waals surface area contributed by atoms with Gasteiger partial charge in [0.1, 0.15) is 0 Å². The van der Waals surface area contributed by atoms with Crippen LogP contribution in [0.4, 0.5) is 11.4 Å². The van der Waals surface area contributed by atoms with Gasteiger partial charge in [-0.2, -0.15) is 0 Å². The third-order valence-corrected chi connectivity index (χ3v) is 7.25. The number of benzene rings is 2. The molecular weight excluding hydrogens is 396 g/mol. The van der Waals surface area contributed by atoms with Crippen molar-refractivity contribution in [1.29, 1.82) is 0 Å². The Kier molecular flexibility index (Phi) is 4.93. The van der Waals surface area contributed by atoms with Crippen LogP contribution in [0.25, 0.3) is 0 Å². The van der Waals surface area contributed by atoms with Crippen molar-refractivity contribution in [3.63, 3.8) is 0 Å². The van der Waals surface area contributed by atoms with Crippen LogP contribution in [0.2, 0.25) is 5.02 Å². The second kappa shape index (κ2) is 7.26. The predicted molar refractivity (Wildman–Crippen MR) is 110 cm³/mol. The highest BCUT2D eigenvalue weighted by atomic mass is 35.5. The summed E-state index contributed by atoms with van der Waals surface area (Å²) >= 11 is 6.16. The summed E-state index contributed by atoms with van der Waals surface area (Å²) in [6.45, 7) is 3.25. The van der Waals surface area contributed by atoms with E-state index in [0.29, 0.717) is 23.8 Å². The summed E-state index contributed by atoms with van der Waals surface area (Å²) in [5, 5.41) is 0.437. The maximum absolute atomic E-state index is 13.2. The Labute approximate surface area is 170 Å². The van der Waals surface area contributed by atoms with E-state index in [4.69, 9.17) is 11.6 Å². The first-order chi connectivity index (χ1) is 13.4. The lowest BCUT2D eigenvalue weighted by Gasteiger charge is -2.30. The van der Waals surface area contributed by atoms with Crippen molar-refractivity contribution in [2.75, 3.05) is 18.0 Å². The molecule has 146 valence electrons. The molecule has 1 saturated heterocycles. The first-order valence-electron chi connectivity index (χ1n) is 9.35.